The zero-order valence-electron chi connectivity index (χ0n) is 18.5. The van der Waals surface area contributed by atoms with Crippen LogP contribution in [0, 0.1) is 27.7 Å². The molecule has 0 amide bonds. The van der Waals surface area contributed by atoms with Crippen LogP contribution >= 0.6 is 11.6 Å². The number of imidazole rings is 1. The van der Waals surface area contributed by atoms with Crippen LogP contribution in [0.25, 0.3) is 5.82 Å². The third kappa shape index (κ3) is 4.84. The van der Waals surface area contributed by atoms with Gasteiger partial charge in [0.05, 0.1) is 10.6 Å². The highest BCUT2D eigenvalue weighted by Gasteiger charge is 2.18. The van der Waals surface area contributed by atoms with Crippen LogP contribution in [-0.4, -0.2) is 27.9 Å². The standard InChI is InChI=1S/C23H22ClN5O3S/c1-14-20(24)6-5-7-21(14)33(30,31)28-18-8-10-19(11-9-18)32-23-12-22(26-17(4)27-23)29-13-25-15(2)16(29)3/h5-13,28H,1-4H3. The molecule has 0 saturated carbocycles. The first-order chi connectivity index (χ1) is 15.6. The Morgan fingerprint density at radius 2 is 1.73 bits per heavy atom. The van der Waals surface area contributed by atoms with Gasteiger partial charge in [0.15, 0.2) is 0 Å². The van der Waals surface area contributed by atoms with E-state index >= 15 is 0 Å². The minimum absolute atomic E-state index is 0.129. The molecule has 0 atom stereocenters. The van der Waals surface area contributed by atoms with E-state index in [9.17, 15) is 8.42 Å². The minimum Gasteiger partial charge on any atom is -0.439 e. The van der Waals surface area contributed by atoms with E-state index in [1.54, 1.807) is 62.6 Å². The molecule has 0 saturated heterocycles. The van der Waals surface area contributed by atoms with E-state index in [0.717, 1.165) is 11.4 Å². The molecular formula is C23H22ClN5O3S. The van der Waals surface area contributed by atoms with Crippen molar-refractivity contribution in [1.82, 2.24) is 19.5 Å². The topological polar surface area (TPSA) is 99.0 Å². The summed E-state index contributed by atoms with van der Waals surface area (Å²) in [5.41, 5.74) is 2.78. The van der Waals surface area contributed by atoms with Crippen LogP contribution in [0.4, 0.5) is 5.69 Å². The lowest BCUT2D eigenvalue weighted by Gasteiger charge is -2.12. The minimum atomic E-state index is -3.79. The van der Waals surface area contributed by atoms with E-state index in [2.05, 4.69) is 19.7 Å². The van der Waals surface area contributed by atoms with Crippen LogP contribution in [0.2, 0.25) is 5.02 Å². The second kappa shape index (κ2) is 8.84. The Hall–Kier alpha value is -3.43. The number of benzene rings is 2. The van der Waals surface area contributed by atoms with Crippen molar-refractivity contribution >= 4 is 27.3 Å². The van der Waals surface area contributed by atoms with Crippen molar-refractivity contribution in [3.05, 3.63) is 82.7 Å². The summed E-state index contributed by atoms with van der Waals surface area (Å²) in [6, 6.07) is 13.0. The van der Waals surface area contributed by atoms with E-state index in [4.69, 9.17) is 16.3 Å². The molecule has 2 heterocycles. The van der Waals surface area contributed by atoms with Gasteiger partial charge in [-0.25, -0.2) is 18.4 Å². The molecule has 1 N–H and O–H groups in total. The third-order valence-corrected chi connectivity index (χ3v) is 7.07. The predicted molar refractivity (Wildman–Crippen MR) is 127 cm³/mol. The fourth-order valence-corrected chi connectivity index (χ4v) is 4.79. The van der Waals surface area contributed by atoms with Crippen molar-refractivity contribution in [2.45, 2.75) is 32.6 Å². The first-order valence-corrected chi connectivity index (χ1v) is 11.9. The Balaban J connectivity index is 1.54. The Morgan fingerprint density at radius 1 is 1.00 bits per heavy atom. The molecule has 170 valence electrons. The van der Waals surface area contributed by atoms with Gasteiger partial charge in [0, 0.05) is 22.5 Å². The number of nitrogens with zero attached hydrogens (tertiary/aromatic N) is 4. The predicted octanol–water partition coefficient (Wildman–Crippen LogP) is 5.14. The van der Waals surface area contributed by atoms with Crippen LogP contribution in [0.1, 0.15) is 22.8 Å². The van der Waals surface area contributed by atoms with Gasteiger partial charge in [-0.15, -0.1) is 0 Å². The molecule has 4 rings (SSSR count). The highest BCUT2D eigenvalue weighted by molar-refractivity contribution is 7.92. The molecule has 0 unspecified atom stereocenters. The Kier molecular flexibility index (Phi) is 6.09. The number of aromatic nitrogens is 4. The summed E-state index contributed by atoms with van der Waals surface area (Å²) >= 11 is 6.07. The number of anilines is 1. The largest absolute Gasteiger partial charge is 0.439 e. The molecule has 0 fully saturated rings. The lowest BCUT2D eigenvalue weighted by molar-refractivity contribution is 0.459. The summed E-state index contributed by atoms with van der Waals surface area (Å²) in [6.07, 6.45) is 1.71. The third-order valence-electron chi connectivity index (χ3n) is 5.14. The second-order valence-corrected chi connectivity index (χ2v) is 9.55. The Morgan fingerprint density at radius 3 is 2.39 bits per heavy atom. The van der Waals surface area contributed by atoms with Gasteiger partial charge in [0.1, 0.15) is 23.7 Å². The average Bonchev–Trinajstić information content (AvgIpc) is 3.09. The van der Waals surface area contributed by atoms with E-state index in [1.807, 2.05) is 18.4 Å². The van der Waals surface area contributed by atoms with Gasteiger partial charge in [-0.3, -0.25) is 9.29 Å². The summed E-state index contributed by atoms with van der Waals surface area (Å²) in [5.74, 6) is 2.07. The molecule has 0 aliphatic heterocycles. The van der Waals surface area contributed by atoms with Gasteiger partial charge < -0.3 is 4.74 Å². The number of sulfonamides is 1. The van der Waals surface area contributed by atoms with Crippen molar-refractivity contribution in [2.75, 3.05) is 4.72 Å². The zero-order chi connectivity index (χ0) is 23.8. The lowest BCUT2D eigenvalue weighted by atomic mass is 10.2. The summed E-state index contributed by atoms with van der Waals surface area (Å²) in [5, 5.41) is 0.391. The smallest absolute Gasteiger partial charge is 0.262 e. The zero-order valence-corrected chi connectivity index (χ0v) is 20.1. The molecule has 4 aromatic rings. The maximum Gasteiger partial charge on any atom is 0.262 e. The molecule has 0 radical (unpaired) electrons. The van der Waals surface area contributed by atoms with Gasteiger partial charge in [0.25, 0.3) is 10.0 Å². The second-order valence-electron chi connectivity index (χ2n) is 7.49. The molecule has 0 spiro atoms. The van der Waals surface area contributed by atoms with E-state index in [-0.39, 0.29) is 4.90 Å². The van der Waals surface area contributed by atoms with Crippen molar-refractivity contribution in [2.24, 2.45) is 0 Å². The fraction of sp³-hybridized carbons (Fsp3) is 0.174. The van der Waals surface area contributed by atoms with Crippen molar-refractivity contribution in [3.63, 3.8) is 0 Å². The van der Waals surface area contributed by atoms with E-state index in [0.29, 0.717) is 39.5 Å². The maximum absolute atomic E-state index is 12.8. The molecule has 0 aliphatic carbocycles. The number of hydrogen-bond donors (Lipinski definition) is 1. The monoisotopic (exact) mass is 483 g/mol. The maximum atomic E-state index is 12.8. The Labute approximate surface area is 197 Å². The fourth-order valence-electron chi connectivity index (χ4n) is 3.23. The van der Waals surface area contributed by atoms with Gasteiger partial charge in [-0.1, -0.05) is 17.7 Å². The van der Waals surface area contributed by atoms with Gasteiger partial charge in [-0.05, 0) is 69.7 Å². The van der Waals surface area contributed by atoms with Crippen LogP contribution in [0.15, 0.2) is 59.8 Å². The van der Waals surface area contributed by atoms with Crippen LogP contribution in [0.3, 0.4) is 0 Å². The lowest BCUT2D eigenvalue weighted by Crippen LogP contribution is -2.14. The van der Waals surface area contributed by atoms with Crippen LogP contribution < -0.4 is 9.46 Å². The summed E-state index contributed by atoms with van der Waals surface area (Å²) in [4.78, 5) is 13.2. The quantitative estimate of drug-likeness (QED) is 0.407. The highest BCUT2D eigenvalue weighted by atomic mass is 35.5. The summed E-state index contributed by atoms with van der Waals surface area (Å²) in [7, 11) is -3.79. The molecule has 2 aromatic carbocycles. The van der Waals surface area contributed by atoms with Crippen molar-refractivity contribution < 1.29 is 13.2 Å². The molecule has 2 aromatic heterocycles. The molecule has 0 bridgehead atoms. The summed E-state index contributed by atoms with van der Waals surface area (Å²) in [6.45, 7) is 7.34. The molecule has 33 heavy (non-hydrogen) atoms. The van der Waals surface area contributed by atoms with Gasteiger partial charge >= 0.3 is 0 Å². The molecule has 0 aliphatic rings. The Bertz CT molecular complexity index is 1430. The van der Waals surface area contributed by atoms with Crippen molar-refractivity contribution in [3.8, 4) is 17.4 Å². The van der Waals surface area contributed by atoms with Crippen LogP contribution in [0.5, 0.6) is 11.6 Å². The number of rotatable bonds is 6. The number of aryl methyl sites for hydroxylation is 2. The number of nitrogens with one attached hydrogen (secondary N) is 1. The molecule has 8 nitrogen and oxygen atoms in total. The normalized spacial score (nSPS) is 11.4. The first kappa shape index (κ1) is 22.8. The summed E-state index contributed by atoms with van der Waals surface area (Å²) < 4.78 is 35.9. The number of halogens is 1. The van der Waals surface area contributed by atoms with E-state index < -0.39 is 10.0 Å². The SMILES string of the molecule is Cc1nc(Oc2ccc(NS(=O)(=O)c3cccc(Cl)c3C)cc2)cc(-n2cnc(C)c2C)n1. The first-order valence-electron chi connectivity index (χ1n) is 10.1. The van der Waals surface area contributed by atoms with E-state index in [1.165, 1.54) is 6.07 Å². The highest BCUT2D eigenvalue weighted by Crippen LogP contribution is 2.27. The van der Waals surface area contributed by atoms with Gasteiger partial charge in [0.2, 0.25) is 5.88 Å². The molecule has 10 heteroatoms. The molecular weight excluding hydrogens is 462 g/mol. The number of ether oxygens (including phenoxy) is 1. The van der Waals surface area contributed by atoms with Gasteiger partial charge in [-0.2, -0.15) is 4.98 Å². The van der Waals surface area contributed by atoms with Crippen LogP contribution in [-0.2, 0) is 10.0 Å². The number of hydrogen-bond acceptors (Lipinski definition) is 6. The van der Waals surface area contributed by atoms with Crippen molar-refractivity contribution in [1.29, 1.82) is 0 Å². The average molecular weight is 484 g/mol.